The highest BCUT2D eigenvalue weighted by molar-refractivity contribution is 7.91. The standard InChI is InChI=1S/C15H30N2O2S/c1-15(2)7-4-6-13(14(15)16-3)12-17-8-5-10-20(18,19)11-9-17/h13-14,16H,4-12H2,1-3H3. The molecule has 0 aromatic rings. The third kappa shape index (κ3) is 3.95. The molecule has 0 spiro atoms. The van der Waals surface area contributed by atoms with Gasteiger partial charge in [-0.1, -0.05) is 20.3 Å². The van der Waals surface area contributed by atoms with Crippen LogP contribution in [-0.4, -0.2) is 57.5 Å². The largest absolute Gasteiger partial charge is 0.316 e. The van der Waals surface area contributed by atoms with Crippen molar-refractivity contribution in [2.45, 2.75) is 45.6 Å². The lowest BCUT2D eigenvalue weighted by Gasteiger charge is -2.45. The average Bonchev–Trinajstić information content (AvgIpc) is 2.50. The van der Waals surface area contributed by atoms with Gasteiger partial charge < -0.3 is 10.2 Å². The van der Waals surface area contributed by atoms with E-state index >= 15 is 0 Å². The van der Waals surface area contributed by atoms with Gasteiger partial charge >= 0.3 is 0 Å². The fraction of sp³-hybridized carbons (Fsp3) is 1.00. The lowest BCUT2D eigenvalue weighted by Crippen LogP contribution is -2.51. The average molecular weight is 302 g/mol. The van der Waals surface area contributed by atoms with Crippen molar-refractivity contribution in [1.82, 2.24) is 10.2 Å². The molecule has 0 bridgehead atoms. The summed E-state index contributed by atoms with van der Waals surface area (Å²) in [5.74, 6) is 1.35. The van der Waals surface area contributed by atoms with Crippen molar-refractivity contribution in [3.63, 3.8) is 0 Å². The molecular weight excluding hydrogens is 272 g/mol. The molecule has 0 aromatic heterocycles. The molecule has 118 valence electrons. The Bertz CT molecular complexity index is 420. The predicted octanol–water partition coefficient (Wildman–Crippen LogP) is 1.52. The quantitative estimate of drug-likeness (QED) is 0.859. The van der Waals surface area contributed by atoms with Crippen molar-refractivity contribution in [3.05, 3.63) is 0 Å². The Morgan fingerprint density at radius 2 is 1.95 bits per heavy atom. The number of sulfone groups is 1. The Morgan fingerprint density at radius 1 is 1.20 bits per heavy atom. The van der Waals surface area contributed by atoms with Gasteiger partial charge in [0.2, 0.25) is 0 Å². The van der Waals surface area contributed by atoms with Crippen molar-refractivity contribution in [2.75, 3.05) is 38.2 Å². The van der Waals surface area contributed by atoms with Crippen LogP contribution < -0.4 is 5.32 Å². The summed E-state index contributed by atoms with van der Waals surface area (Å²) >= 11 is 0. The van der Waals surface area contributed by atoms with Crippen LogP contribution in [0.1, 0.15) is 39.5 Å². The van der Waals surface area contributed by atoms with Crippen molar-refractivity contribution >= 4 is 9.84 Å². The van der Waals surface area contributed by atoms with E-state index in [9.17, 15) is 8.42 Å². The molecule has 20 heavy (non-hydrogen) atoms. The number of rotatable bonds is 3. The van der Waals surface area contributed by atoms with Crippen LogP contribution in [-0.2, 0) is 9.84 Å². The van der Waals surface area contributed by atoms with E-state index in [0.29, 0.717) is 28.9 Å². The van der Waals surface area contributed by atoms with E-state index in [4.69, 9.17) is 0 Å². The van der Waals surface area contributed by atoms with Crippen molar-refractivity contribution in [2.24, 2.45) is 11.3 Å². The normalized spacial score (nSPS) is 34.5. The van der Waals surface area contributed by atoms with Crippen LogP contribution in [0.3, 0.4) is 0 Å². The number of nitrogens with one attached hydrogen (secondary N) is 1. The minimum absolute atomic E-state index is 0.341. The Hall–Kier alpha value is -0.130. The zero-order valence-electron chi connectivity index (χ0n) is 13.2. The van der Waals surface area contributed by atoms with Crippen LogP contribution in [0, 0.1) is 11.3 Å². The monoisotopic (exact) mass is 302 g/mol. The number of hydrogen-bond acceptors (Lipinski definition) is 4. The minimum atomic E-state index is -2.79. The first kappa shape index (κ1) is 16.2. The third-order valence-electron chi connectivity index (χ3n) is 5.16. The molecule has 1 aliphatic heterocycles. The molecule has 1 aliphatic carbocycles. The van der Waals surface area contributed by atoms with E-state index in [1.807, 2.05) is 0 Å². The van der Waals surface area contributed by atoms with Crippen LogP contribution in [0.5, 0.6) is 0 Å². The smallest absolute Gasteiger partial charge is 0.151 e. The Kier molecular flexibility index (Phi) is 5.14. The predicted molar refractivity (Wildman–Crippen MR) is 83.7 cm³/mol. The lowest BCUT2D eigenvalue weighted by atomic mass is 9.68. The molecule has 2 aliphatic rings. The van der Waals surface area contributed by atoms with E-state index < -0.39 is 9.84 Å². The first-order chi connectivity index (χ1) is 9.34. The molecule has 0 amide bonds. The molecule has 1 heterocycles. The van der Waals surface area contributed by atoms with Crippen molar-refractivity contribution in [1.29, 1.82) is 0 Å². The summed E-state index contributed by atoms with van der Waals surface area (Å²) in [5, 5.41) is 3.52. The minimum Gasteiger partial charge on any atom is -0.316 e. The van der Waals surface area contributed by atoms with Gasteiger partial charge in [-0.3, -0.25) is 0 Å². The van der Waals surface area contributed by atoms with E-state index in [0.717, 1.165) is 26.1 Å². The van der Waals surface area contributed by atoms with Gasteiger partial charge in [0.25, 0.3) is 0 Å². The van der Waals surface area contributed by atoms with E-state index in [1.165, 1.54) is 19.3 Å². The molecule has 1 saturated heterocycles. The molecule has 1 saturated carbocycles. The SMILES string of the molecule is CNC1C(CN2CCCS(=O)(=O)CC2)CCCC1(C)C. The molecule has 0 aromatic carbocycles. The first-order valence-corrected chi connectivity index (χ1v) is 9.76. The Morgan fingerprint density at radius 3 is 2.65 bits per heavy atom. The van der Waals surface area contributed by atoms with Gasteiger partial charge in [0, 0.05) is 19.1 Å². The zero-order chi connectivity index (χ0) is 14.8. The molecule has 2 rings (SSSR count). The highest BCUT2D eigenvalue weighted by atomic mass is 32.2. The fourth-order valence-electron chi connectivity index (χ4n) is 4.11. The maximum Gasteiger partial charge on any atom is 0.151 e. The van der Waals surface area contributed by atoms with Gasteiger partial charge in [-0.25, -0.2) is 8.42 Å². The van der Waals surface area contributed by atoms with Crippen molar-refractivity contribution < 1.29 is 8.42 Å². The van der Waals surface area contributed by atoms with E-state index in [1.54, 1.807) is 0 Å². The zero-order valence-corrected chi connectivity index (χ0v) is 14.0. The van der Waals surface area contributed by atoms with Crippen molar-refractivity contribution in [3.8, 4) is 0 Å². The van der Waals surface area contributed by atoms with Gasteiger partial charge in [-0.05, 0) is 44.2 Å². The Balaban J connectivity index is 1.98. The second-order valence-corrected chi connectivity index (χ2v) is 9.52. The van der Waals surface area contributed by atoms with Gasteiger partial charge in [0.1, 0.15) is 0 Å². The van der Waals surface area contributed by atoms with Crippen LogP contribution >= 0.6 is 0 Å². The van der Waals surface area contributed by atoms with Crippen LogP contribution in [0.2, 0.25) is 0 Å². The molecule has 2 unspecified atom stereocenters. The first-order valence-electron chi connectivity index (χ1n) is 7.94. The van der Waals surface area contributed by atoms with Crippen LogP contribution in [0.15, 0.2) is 0 Å². The van der Waals surface area contributed by atoms with Gasteiger partial charge in [0.05, 0.1) is 11.5 Å². The second-order valence-electron chi connectivity index (χ2n) is 7.21. The van der Waals surface area contributed by atoms with Gasteiger partial charge in [-0.2, -0.15) is 0 Å². The number of nitrogens with zero attached hydrogens (tertiary/aromatic N) is 1. The topological polar surface area (TPSA) is 49.4 Å². The molecule has 5 heteroatoms. The maximum absolute atomic E-state index is 11.7. The highest BCUT2D eigenvalue weighted by Crippen LogP contribution is 2.39. The van der Waals surface area contributed by atoms with E-state index in [2.05, 4.69) is 31.1 Å². The highest BCUT2D eigenvalue weighted by Gasteiger charge is 2.38. The summed E-state index contributed by atoms with van der Waals surface area (Å²) in [6.07, 6.45) is 4.63. The Labute approximate surface area is 124 Å². The maximum atomic E-state index is 11.7. The lowest BCUT2D eigenvalue weighted by molar-refractivity contribution is 0.0857. The van der Waals surface area contributed by atoms with Gasteiger partial charge in [0.15, 0.2) is 9.84 Å². The molecule has 2 atom stereocenters. The number of hydrogen-bond donors (Lipinski definition) is 1. The summed E-state index contributed by atoms with van der Waals surface area (Å²) in [6, 6.07) is 0.538. The van der Waals surface area contributed by atoms with Gasteiger partial charge in [-0.15, -0.1) is 0 Å². The third-order valence-corrected chi connectivity index (χ3v) is 6.88. The van der Waals surface area contributed by atoms with Crippen LogP contribution in [0.25, 0.3) is 0 Å². The molecule has 2 fully saturated rings. The summed E-state index contributed by atoms with van der Waals surface area (Å²) < 4.78 is 23.4. The second kappa shape index (κ2) is 6.32. The summed E-state index contributed by atoms with van der Waals surface area (Å²) in [4.78, 5) is 2.38. The molecule has 0 radical (unpaired) electrons. The molecule has 1 N–H and O–H groups in total. The summed E-state index contributed by atoms with van der Waals surface area (Å²) in [5.41, 5.74) is 0.343. The fourth-order valence-corrected chi connectivity index (χ4v) is 5.42. The molecule has 4 nitrogen and oxygen atoms in total. The summed E-state index contributed by atoms with van der Waals surface area (Å²) in [6.45, 7) is 7.41. The molecular formula is C15H30N2O2S. The van der Waals surface area contributed by atoms with E-state index in [-0.39, 0.29) is 0 Å². The van der Waals surface area contributed by atoms with Crippen LogP contribution in [0.4, 0.5) is 0 Å². The summed E-state index contributed by atoms with van der Waals surface area (Å²) in [7, 11) is -0.725.